The van der Waals surface area contributed by atoms with Crippen LogP contribution in [-0.2, 0) is 9.59 Å². The molecule has 0 aliphatic carbocycles. The molecule has 0 saturated carbocycles. The Kier molecular flexibility index (Phi) is 7.87. The van der Waals surface area contributed by atoms with E-state index < -0.39 is 12.2 Å². The zero-order valence-corrected chi connectivity index (χ0v) is 16.8. The molecule has 2 unspecified atom stereocenters. The molecule has 0 bridgehead atoms. The van der Waals surface area contributed by atoms with E-state index in [1.807, 2.05) is 62.4 Å². The fourth-order valence-electron chi connectivity index (χ4n) is 2.41. The number of ether oxygens (including phenoxy) is 2. The van der Waals surface area contributed by atoms with Gasteiger partial charge >= 0.3 is 0 Å². The highest BCUT2D eigenvalue weighted by molar-refractivity contribution is 5.81. The Hall–Kier alpha value is -3.02. The molecule has 2 atom stereocenters. The summed E-state index contributed by atoms with van der Waals surface area (Å²) in [5.74, 6) is 0.810. The van der Waals surface area contributed by atoms with E-state index in [-0.39, 0.29) is 11.8 Å². The molecule has 0 aliphatic heterocycles. The van der Waals surface area contributed by atoms with Crippen molar-refractivity contribution in [1.82, 2.24) is 10.6 Å². The van der Waals surface area contributed by atoms with E-state index in [2.05, 4.69) is 10.6 Å². The third-order valence-electron chi connectivity index (χ3n) is 4.13. The SMILES string of the molecule is Cc1ccc(OC(C)C(=O)NCCNC(=O)C(C)Oc2ccc(C)cc2)cc1. The van der Waals surface area contributed by atoms with Crippen LogP contribution >= 0.6 is 0 Å². The minimum Gasteiger partial charge on any atom is -0.481 e. The molecule has 2 amide bonds. The topological polar surface area (TPSA) is 76.7 Å². The summed E-state index contributed by atoms with van der Waals surface area (Å²) in [7, 11) is 0. The summed E-state index contributed by atoms with van der Waals surface area (Å²) in [6, 6.07) is 15.0. The monoisotopic (exact) mass is 384 g/mol. The van der Waals surface area contributed by atoms with Gasteiger partial charge in [-0.25, -0.2) is 0 Å². The zero-order chi connectivity index (χ0) is 20.5. The van der Waals surface area contributed by atoms with E-state index in [0.29, 0.717) is 24.6 Å². The number of rotatable bonds is 9. The maximum atomic E-state index is 12.1. The second kappa shape index (κ2) is 10.3. The number of amides is 2. The predicted molar refractivity (Wildman–Crippen MR) is 109 cm³/mol. The number of nitrogens with one attached hydrogen (secondary N) is 2. The molecule has 0 aliphatic rings. The molecule has 28 heavy (non-hydrogen) atoms. The van der Waals surface area contributed by atoms with Crippen LogP contribution in [0.5, 0.6) is 11.5 Å². The molecule has 0 heterocycles. The molecule has 2 aromatic carbocycles. The number of hydrogen-bond acceptors (Lipinski definition) is 4. The molecule has 150 valence electrons. The fourth-order valence-corrected chi connectivity index (χ4v) is 2.41. The van der Waals surface area contributed by atoms with Gasteiger partial charge in [-0.2, -0.15) is 0 Å². The molecule has 2 N–H and O–H groups in total. The number of hydrogen-bond donors (Lipinski definition) is 2. The van der Waals surface area contributed by atoms with Gasteiger partial charge in [0.2, 0.25) is 0 Å². The molecule has 0 spiro atoms. The highest BCUT2D eigenvalue weighted by Gasteiger charge is 2.16. The van der Waals surface area contributed by atoms with Crippen LogP contribution < -0.4 is 20.1 Å². The van der Waals surface area contributed by atoms with Crippen LogP contribution in [0.15, 0.2) is 48.5 Å². The first-order valence-corrected chi connectivity index (χ1v) is 9.37. The van der Waals surface area contributed by atoms with Crippen LogP contribution in [-0.4, -0.2) is 37.1 Å². The van der Waals surface area contributed by atoms with E-state index in [0.717, 1.165) is 11.1 Å². The molecular formula is C22H28N2O4. The van der Waals surface area contributed by atoms with Crippen molar-refractivity contribution >= 4 is 11.8 Å². The molecular weight excluding hydrogens is 356 g/mol. The third kappa shape index (κ3) is 6.95. The maximum Gasteiger partial charge on any atom is 0.260 e. The molecule has 6 nitrogen and oxygen atoms in total. The van der Waals surface area contributed by atoms with Crippen molar-refractivity contribution in [3.05, 3.63) is 59.7 Å². The molecule has 0 saturated heterocycles. The molecule has 0 radical (unpaired) electrons. The number of carbonyl (C=O) groups is 2. The standard InChI is InChI=1S/C22H28N2O4/c1-15-5-9-19(10-6-15)27-17(3)21(25)23-13-14-24-22(26)18(4)28-20-11-7-16(2)8-12-20/h5-12,17-18H,13-14H2,1-4H3,(H,23,25)(H,24,26). The minimum atomic E-state index is -0.623. The smallest absolute Gasteiger partial charge is 0.260 e. The van der Waals surface area contributed by atoms with Crippen molar-refractivity contribution in [2.45, 2.75) is 39.9 Å². The molecule has 6 heteroatoms. The second-order valence-electron chi connectivity index (χ2n) is 6.73. The Morgan fingerprint density at radius 3 is 1.36 bits per heavy atom. The number of aryl methyl sites for hydroxylation is 2. The van der Waals surface area contributed by atoms with E-state index in [1.165, 1.54) is 0 Å². The van der Waals surface area contributed by atoms with Gasteiger partial charge in [0.15, 0.2) is 12.2 Å². The molecule has 0 fully saturated rings. The Balaban J connectivity index is 1.66. The summed E-state index contributed by atoms with van der Waals surface area (Å²) in [5.41, 5.74) is 2.25. The highest BCUT2D eigenvalue weighted by Crippen LogP contribution is 2.14. The highest BCUT2D eigenvalue weighted by atomic mass is 16.5. The van der Waals surface area contributed by atoms with Crippen molar-refractivity contribution in [2.24, 2.45) is 0 Å². The average molecular weight is 384 g/mol. The summed E-state index contributed by atoms with van der Waals surface area (Å²) in [6.45, 7) is 7.96. The van der Waals surface area contributed by atoms with Crippen molar-refractivity contribution < 1.29 is 19.1 Å². The lowest BCUT2D eigenvalue weighted by atomic mass is 10.2. The summed E-state index contributed by atoms with van der Waals surface area (Å²) < 4.78 is 11.2. The summed E-state index contributed by atoms with van der Waals surface area (Å²) in [4.78, 5) is 24.2. The largest absolute Gasteiger partial charge is 0.481 e. The van der Waals surface area contributed by atoms with E-state index in [1.54, 1.807) is 13.8 Å². The number of carbonyl (C=O) groups excluding carboxylic acids is 2. The lowest BCUT2D eigenvalue weighted by Gasteiger charge is -2.16. The Morgan fingerprint density at radius 1 is 0.714 bits per heavy atom. The van der Waals surface area contributed by atoms with Gasteiger partial charge in [-0.15, -0.1) is 0 Å². The van der Waals surface area contributed by atoms with Crippen LogP contribution in [0.1, 0.15) is 25.0 Å². The van der Waals surface area contributed by atoms with Crippen LogP contribution in [0.25, 0.3) is 0 Å². The first-order valence-electron chi connectivity index (χ1n) is 9.37. The molecule has 2 rings (SSSR count). The second-order valence-corrected chi connectivity index (χ2v) is 6.73. The number of benzene rings is 2. The van der Waals surface area contributed by atoms with Crippen molar-refractivity contribution in [3.8, 4) is 11.5 Å². The van der Waals surface area contributed by atoms with Gasteiger partial charge in [0.1, 0.15) is 11.5 Å². The van der Waals surface area contributed by atoms with E-state index >= 15 is 0 Å². The van der Waals surface area contributed by atoms with Crippen LogP contribution in [0.3, 0.4) is 0 Å². The van der Waals surface area contributed by atoms with Gasteiger partial charge in [0.25, 0.3) is 11.8 Å². The summed E-state index contributed by atoms with van der Waals surface area (Å²) in [5, 5.41) is 5.49. The lowest BCUT2D eigenvalue weighted by molar-refractivity contribution is -0.129. The predicted octanol–water partition coefficient (Wildman–Crippen LogP) is 2.77. The first-order chi connectivity index (χ1) is 13.3. The Morgan fingerprint density at radius 2 is 1.04 bits per heavy atom. The quantitative estimate of drug-likeness (QED) is 0.652. The molecule has 2 aromatic rings. The molecule has 0 aromatic heterocycles. The van der Waals surface area contributed by atoms with Crippen molar-refractivity contribution in [3.63, 3.8) is 0 Å². The zero-order valence-electron chi connectivity index (χ0n) is 16.8. The first kappa shape index (κ1) is 21.3. The minimum absolute atomic E-state index is 0.237. The average Bonchev–Trinajstić information content (AvgIpc) is 2.68. The van der Waals surface area contributed by atoms with Gasteiger partial charge in [-0.3, -0.25) is 9.59 Å². The maximum absolute atomic E-state index is 12.1. The van der Waals surface area contributed by atoms with Gasteiger partial charge in [0, 0.05) is 13.1 Å². The van der Waals surface area contributed by atoms with Crippen molar-refractivity contribution in [1.29, 1.82) is 0 Å². The fraction of sp³-hybridized carbons (Fsp3) is 0.364. The normalized spacial score (nSPS) is 12.6. The van der Waals surface area contributed by atoms with Crippen LogP contribution in [0.4, 0.5) is 0 Å². The van der Waals surface area contributed by atoms with Gasteiger partial charge in [-0.1, -0.05) is 35.4 Å². The Labute approximate surface area is 166 Å². The van der Waals surface area contributed by atoms with Gasteiger partial charge < -0.3 is 20.1 Å². The van der Waals surface area contributed by atoms with Crippen molar-refractivity contribution in [2.75, 3.05) is 13.1 Å². The van der Waals surface area contributed by atoms with Crippen LogP contribution in [0.2, 0.25) is 0 Å². The Bertz CT molecular complexity index is 705. The third-order valence-corrected chi connectivity index (χ3v) is 4.13. The van der Waals surface area contributed by atoms with Gasteiger partial charge in [-0.05, 0) is 52.0 Å². The summed E-state index contributed by atoms with van der Waals surface area (Å²) >= 11 is 0. The van der Waals surface area contributed by atoms with Gasteiger partial charge in [0.05, 0.1) is 0 Å². The van der Waals surface area contributed by atoms with E-state index in [9.17, 15) is 9.59 Å². The van der Waals surface area contributed by atoms with Crippen LogP contribution in [0, 0.1) is 13.8 Å². The van der Waals surface area contributed by atoms with E-state index in [4.69, 9.17) is 9.47 Å². The lowest BCUT2D eigenvalue weighted by Crippen LogP contribution is -2.43. The summed E-state index contributed by atoms with van der Waals surface area (Å²) in [6.07, 6.45) is -1.25.